The second kappa shape index (κ2) is 4.75. The van der Waals surface area contributed by atoms with E-state index in [-0.39, 0.29) is 12.4 Å². The standard InChI is InChI=1S/C12H11F3N4/c13-12(14,15)10-4-5-19(18-10)7-8-2-1-3-9(6-8)11(16)17/h1-6H,7H2,(H3,16,17). The predicted molar refractivity (Wildman–Crippen MR) is 63.8 cm³/mol. The van der Waals surface area contributed by atoms with Crippen molar-refractivity contribution in [2.24, 2.45) is 5.73 Å². The van der Waals surface area contributed by atoms with Crippen LogP contribution in [0.2, 0.25) is 0 Å². The lowest BCUT2D eigenvalue weighted by atomic mass is 10.1. The van der Waals surface area contributed by atoms with Gasteiger partial charge in [-0.2, -0.15) is 18.3 Å². The average molecular weight is 268 g/mol. The first kappa shape index (κ1) is 13.1. The highest BCUT2D eigenvalue weighted by Crippen LogP contribution is 2.27. The van der Waals surface area contributed by atoms with Crippen molar-refractivity contribution in [3.05, 3.63) is 53.3 Å². The zero-order valence-corrected chi connectivity index (χ0v) is 9.78. The first-order valence-electron chi connectivity index (χ1n) is 5.40. The first-order valence-corrected chi connectivity index (χ1v) is 5.40. The fraction of sp³-hybridized carbons (Fsp3) is 0.167. The second-order valence-electron chi connectivity index (χ2n) is 4.01. The molecule has 1 heterocycles. The molecule has 0 aliphatic carbocycles. The van der Waals surface area contributed by atoms with Crippen LogP contribution in [0.25, 0.3) is 0 Å². The van der Waals surface area contributed by atoms with Crippen molar-refractivity contribution in [3.63, 3.8) is 0 Å². The van der Waals surface area contributed by atoms with Crippen molar-refractivity contribution < 1.29 is 13.2 Å². The fourth-order valence-corrected chi connectivity index (χ4v) is 1.63. The van der Waals surface area contributed by atoms with Gasteiger partial charge in [-0.05, 0) is 17.7 Å². The van der Waals surface area contributed by atoms with E-state index in [0.29, 0.717) is 5.56 Å². The zero-order chi connectivity index (χ0) is 14.0. The van der Waals surface area contributed by atoms with Gasteiger partial charge in [-0.15, -0.1) is 0 Å². The van der Waals surface area contributed by atoms with E-state index >= 15 is 0 Å². The topological polar surface area (TPSA) is 67.7 Å². The molecule has 0 bridgehead atoms. The van der Waals surface area contributed by atoms with Gasteiger partial charge in [0.15, 0.2) is 5.69 Å². The molecule has 2 rings (SSSR count). The minimum absolute atomic E-state index is 0.0849. The van der Waals surface area contributed by atoms with Gasteiger partial charge in [0.25, 0.3) is 0 Å². The summed E-state index contributed by atoms with van der Waals surface area (Å²) in [6, 6.07) is 7.67. The van der Waals surface area contributed by atoms with Gasteiger partial charge < -0.3 is 5.73 Å². The molecule has 7 heteroatoms. The molecule has 0 fully saturated rings. The maximum absolute atomic E-state index is 12.4. The van der Waals surface area contributed by atoms with E-state index < -0.39 is 11.9 Å². The number of nitrogens with zero attached hydrogens (tertiary/aromatic N) is 2. The van der Waals surface area contributed by atoms with E-state index in [1.807, 2.05) is 0 Å². The van der Waals surface area contributed by atoms with Crippen LogP contribution in [0.3, 0.4) is 0 Å². The number of alkyl halides is 3. The first-order chi connectivity index (χ1) is 8.86. The zero-order valence-electron chi connectivity index (χ0n) is 9.78. The van der Waals surface area contributed by atoms with E-state index in [1.165, 1.54) is 10.9 Å². The molecule has 2 aromatic rings. The number of hydrogen-bond acceptors (Lipinski definition) is 2. The predicted octanol–water partition coefficient (Wildman–Crippen LogP) is 2.23. The lowest BCUT2D eigenvalue weighted by Gasteiger charge is -2.05. The van der Waals surface area contributed by atoms with Crippen LogP contribution in [0.5, 0.6) is 0 Å². The maximum atomic E-state index is 12.4. The highest BCUT2D eigenvalue weighted by atomic mass is 19.4. The van der Waals surface area contributed by atoms with Crippen LogP contribution in [-0.2, 0) is 12.7 Å². The molecule has 1 aromatic heterocycles. The Hall–Kier alpha value is -2.31. The number of halogens is 3. The molecule has 100 valence electrons. The molecule has 0 saturated carbocycles. The third-order valence-electron chi connectivity index (χ3n) is 2.51. The van der Waals surface area contributed by atoms with Crippen LogP contribution in [0.4, 0.5) is 13.2 Å². The summed E-state index contributed by atoms with van der Waals surface area (Å²) in [4.78, 5) is 0. The van der Waals surface area contributed by atoms with Crippen molar-refractivity contribution in [3.8, 4) is 0 Å². The van der Waals surface area contributed by atoms with Gasteiger partial charge in [0, 0.05) is 11.8 Å². The van der Waals surface area contributed by atoms with Crippen LogP contribution in [0.1, 0.15) is 16.8 Å². The third-order valence-corrected chi connectivity index (χ3v) is 2.51. The minimum Gasteiger partial charge on any atom is -0.384 e. The van der Waals surface area contributed by atoms with Crippen molar-refractivity contribution in [2.45, 2.75) is 12.7 Å². The van der Waals surface area contributed by atoms with Gasteiger partial charge >= 0.3 is 6.18 Å². The summed E-state index contributed by atoms with van der Waals surface area (Å²) < 4.78 is 38.4. The number of rotatable bonds is 3. The SMILES string of the molecule is N=C(N)c1cccc(Cn2ccc(C(F)(F)F)n2)c1. The summed E-state index contributed by atoms with van der Waals surface area (Å²) in [7, 11) is 0. The number of aromatic nitrogens is 2. The van der Waals surface area contributed by atoms with Gasteiger partial charge in [0.05, 0.1) is 6.54 Å². The van der Waals surface area contributed by atoms with Crippen LogP contribution in [0, 0.1) is 5.41 Å². The number of amidine groups is 1. The molecule has 19 heavy (non-hydrogen) atoms. The van der Waals surface area contributed by atoms with Crippen molar-refractivity contribution in [2.75, 3.05) is 0 Å². The number of hydrogen-bond donors (Lipinski definition) is 2. The van der Waals surface area contributed by atoms with E-state index in [4.69, 9.17) is 11.1 Å². The molecular formula is C12H11F3N4. The molecule has 0 spiro atoms. The van der Waals surface area contributed by atoms with Crippen molar-refractivity contribution in [1.82, 2.24) is 9.78 Å². The van der Waals surface area contributed by atoms with E-state index in [9.17, 15) is 13.2 Å². The molecule has 4 nitrogen and oxygen atoms in total. The molecule has 0 radical (unpaired) electrons. The summed E-state index contributed by atoms with van der Waals surface area (Å²) in [5, 5.41) is 10.8. The van der Waals surface area contributed by atoms with E-state index in [1.54, 1.807) is 24.3 Å². The van der Waals surface area contributed by atoms with Gasteiger partial charge in [-0.1, -0.05) is 18.2 Å². The Balaban J connectivity index is 2.19. The summed E-state index contributed by atoms with van der Waals surface area (Å²) in [5.74, 6) is -0.0849. The highest BCUT2D eigenvalue weighted by molar-refractivity contribution is 5.95. The molecule has 0 atom stereocenters. The van der Waals surface area contributed by atoms with Crippen LogP contribution in [-0.4, -0.2) is 15.6 Å². The van der Waals surface area contributed by atoms with Gasteiger partial charge in [-0.25, -0.2) is 0 Å². The molecule has 0 unspecified atom stereocenters. The molecule has 3 N–H and O–H groups in total. The number of nitrogens with two attached hydrogens (primary N) is 1. The Kier molecular flexibility index (Phi) is 3.28. The summed E-state index contributed by atoms with van der Waals surface area (Å²) in [6.07, 6.45) is -3.17. The summed E-state index contributed by atoms with van der Waals surface area (Å²) in [6.45, 7) is 0.192. The van der Waals surface area contributed by atoms with E-state index in [0.717, 1.165) is 11.6 Å². The molecular weight excluding hydrogens is 257 g/mol. The van der Waals surface area contributed by atoms with E-state index in [2.05, 4.69) is 5.10 Å². The fourth-order valence-electron chi connectivity index (χ4n) is 1.63. The summed E-state index contributed by atoms with van der Waals surface area (Å²) in [5.41, 5.74) is 5.68. The quantitative estimate of drug-likeness (QED) is 0.662. The van der Waals surface area contributed by atoms with Gasteiger partial charge in [-0.3, -0.25) is 10.1 Å². The molecule has 0 amide bonds. The molecule has 0 aliphatic rings. The van der Waals surface area contributed by atoms with Crippen LogP contribution < -0.4 is 5.73 Å². The Labute approximate surface area is 107 Å². The highest BCUT2D eigenvalue weighted by Gasteiger charge is 2.33. The lowest BCUT2D eigenvalue weighted by molar-refractivity contribution is -0.141. The average Bonchev–Trinajstić information content (AvgIpc) is 2.77. The van der Waals surface area contributed by atoms with Gasteiger partial charge in [0.2, 0.25) is 0 Å². The smallest absolute Gasteiger partial charge is 0.384 e. The largest absolute Gasteiger partial charge is 0.435 e. The Morgan fingerprint density at radius 3 is 2.63 bits per heavy atom. The minimum atomic E-state index is -4.44. The van der Waals surface area contributed by atoms with Crippen LogP contribution >= 0.6 is 0 Å². The van der Waals surface area contributed by atoms with Crippen LogP contribution in [0.15, 0.2) is 36.5 Å². The normalized spacial score (nSPS) is 11.5. The Bertz CT molecular complexity index is 601. The van der Waals surface area contributed by atoms with Crippen molar-refractivity contribution in [1.29, 1.82) is 5.41 Å². The second-order valence-corrected chi connectivity index (χ2v) is 4.01. The summed E-state index contributed by atoms with van der Waals surface area (Å²) >= 11 is 0. The maximum Gasteiger partial charge on any atom is 0.435 e. The lowest BCUT2D eigenvalue weighted by Crippen LogP contribution is -2.12. The van der Waals surface area contributed by atoms with Gasteiger partial charge in [0.1, 0.15) is 5.84 Å². The number of nitrogens with one attached hydrogen (secondary N) is 1. The third kappa shape index (κ3) is 3.12. The monoisotopic (exact) mass is 268 g/mol. The molecule has 0 saturated heterocycles. The molecule has 0 aliphatic heterocycles. The number of nitrogen functional groups attached to an aromatic ring is 1. The Morgan fingerprint density at radius 1 is 1.32 bits per heavy atom. The van der Waals surface area contributed by atoms with Crippen molar-refractivity contribution >= 4 is 5.84 Å². The number of benzene rings is 1. The Morgan fingerprint density at radius 2 is 2.05 bits per heavy atom. The molecule has 1 aromatic carbocycles.